The Hall–Kier alpha value is -0.0900. The van der Waals surface area contributed by atoms with Gasteiger partial charge in [-0.15, -0.1) is 0 Å². The molecule has 0 aromatic carbocycles. The van der Waals surface area contributed by atoms with Crippen LogP contribution in [0, 0.1) is 0 Å². The van der Waals surface area contributed by atoms with E-state index in [-0.39, 0.29) is 0 Å². The van der Waals surface area contributed by atoms with Gasteiger partial charge in [-0.05, 0) is 19.8 Å². The standard InChI is InChI=1S/C15H30O3S/c1-15(19(16,17)18)13-11-9-7-5-3-2-4-6-8-10-12-14-15/h2-14H2,1H3,(H,16,17,18). The molecule has 4 heteroatoms. The van der Waals surface area contributed by atoms with Gasteiger partial charge in [0.1, 0.15) is 0 Å². The fourth-order valence-corrected chi connectivity index (χ4v) is 3.78. The van der Waals surface area contributed by atoms with Crippen LogP contribution in [-0.4, -0.2) is 17.7 Å². The zero-order valence-corrected chi connectivity index (χ0v) is 13.2. The van der Waals surface area contributed by atoms with Crippen LogP contribution in [0.3, 0.4) is 0 Å². The van der Waals surface area contributed by atoms with Crippen molar-refractivity contribution >= 4 is 10.1 Å². The smallest absolute Gasteiger partial charge is 0.270 e. The Morgan fingerprint density at radius 1 is 0.684 bits per heavy atom. The monoisotopic (exact) mass is 290 g/mol. The van der Waals surface area contributed by atoms with Gasteiger partial charge in [0.05, 0.1) is 4.75 Å². The lowest BCUT2D eigenvalue weighted by atomic mass is 9.94. The Kier molecular flexibility index (Phi) is 7.37. The normalized spacial score (nSPS) is 24.5. The van der Waals surface area contributed by atoms with Crippen LogP contribution < -0.4 is 0 Å². The summed E-state index contributed by atoms with van der Waals surface area (Å²) in [6, 6.07) is 0. The van der Waals surface area contributed by atoms with Gasteiger partial charge in [-0.2, -0.15) is 8.42 Å². The molecule has 1 fully saturated rings. The molecule has 0 bridgehead atoms. The van der Waals surface area contributed by atoms with Crippen molar-refractivity contribution in [2.45, 2.75) is 95.1 Å². The van der Waals surface area contributed by atoms with E-state index in [9.17, 15) is 13.0 Å². The van der Waals surface area contributed by atoms with Crippen molar-refractivity contribution in [1.82, 2.24) is 0 Å². The molecule has 1 rings (SSSR count). The third kappa shape index (κ3) is 6.26. The first-order valence-electron chi connectivity index (χ1n) is 7.93. The summed E-state index contributed by atoms with van der Waals surface area (Å²) in [6.45, 7) is 1.72. The summed E-state index contributed by atoms with van der Waals surface area (Å²) in [5.74, 6) is 0. The highest BCUT2D eigenvalue weighted by molar-refractivity contribution is 7.87. The van der Waals surface area contributed by atoms with E-state index in [0.29, 0.717) is 12.8 Å². The van der Waals surface area contributed by atoms with E-state index in [1.807, 2.05) is 0 Å². The van der Waals surface area contributed by atoms with Crippen LogP contribution in [0.4, 0.5) is 0 Å². The first-order chi connectivity index (χ1) is 8.96. The van der Waals surface area contributed by atoms with E-state index < -0.39 is 14.9 Å². The summed E-state index contributed by atoms with van der Waals surface area (Å²) < 4.78 is 31.8. The van der Waals surface area contributed by atoms with Crippen LogP contribution in [0.1, 0.15) is 90.4 Å². The van der Waals surface area contributed by atoms with E-state index in [2.05, 4.69) is 0 Å². The predicted octanol–water partition coefficient (Wildman–Crippen LogP) is 4.72. The van der Waals surface area contributed by atoms with Gasteiger partial charge in [0.25, 0.3) is 10.1 Å². The lowest BCUT2D eigenvalue weighted by Gasteiger charge is -2.26. The molecule has 0 aliphatic heterocycles. The zero-order valence-electron chi connectivity index (χ0n) is 12.4. The van der Waals surface area contributed by atoms with E-state index in [1.54, 1.807) is 6.92 Å². The fourth-order valence-electron chi connectivity index (χ4n) is 2.97. The third-order valence-corrected chi connectivity index (χ3v) is 6.19. The molecule has 114 valence electrons. The van der Waals surface area contributed by atoms with Crippen molar-refractivity contribution in [3.8, 4) is 0 Å². The average Bonchev–Trinajstić information content (AvgIpc) is 2.33. The maximum absolute atomic E-state index is 11.6. The molecular weight excluding hydrogens is 260 g/mol. The molecular formula is C15H30O3S. The van der Waals surface area contributed by atoms with Gasteiger partial charge < -0.3 is 0 Å². The molecule has 0 spiro atoms. The van der Waals surface area contributed by atoms with E-state index in [4.69, 9.17) is 0 Å². The van der Waals surface area contributed by atoms with Gasteiger partial charge in [0.15, 0.2) is 0 Å². The van der Waals surface area contributed by atoms with Crippen molar-refractivity contribution in [3.63, 3.8) is 0 Å². The summed E-state index contributed by atoms with van der Waals surface area (Å²) in [4.78, 5) is 0. The lowest BCUT2D eigenvalue weighted by Crippen LogP contribution is -2.35. The van der Waals surface area contributed by atoms with Gasteiger partial charge in [-0.3, -0.25) is 4.55 Å². The zero-order chi connectivity index (χ0) is 14.2. The Balaban J connectivity index is 2.54. The van der Waals surface area contributed by atoms with Crippen molar-refractivity contribution < 1.29 is 13.0 Å². The van der Waals surface area contributed by atoms with Gasteiger partial charge in [-0.25, -0.2) is 0 Å². The summed E-state index contributed by atoms with van der Waals surface area (Å²) in [6.07, 6.45) is 14.1. The highest BCUT2D eigenvalue weighted by Gasteiger charge is 2.36. The Labute approximate surface area is 118 Å². The number of hydrogen-bond donors (Lipinski definition) is 1. The molecule has 0 unspecified atom stereocenters. The van der Waals surface area contributed by atoms with Crippen molar-refractivity contribution in [2.24, 2.45) is 0 Å². The minimum atomic E-state index is -3.93. The van der Waals surface area contributed by atoms with Crippen molar-refractivity contribution in [3.05, 3.63) is 0 Å². The van der Waals surface area contributed by atoms with E-state index in [0.717, 1.165) is 25.7 Å². The quantitative estimate of drug-likeness (QED) is 0.711. The molecule has 0 atom stereocenters. The second-order valence-electron chi connectivity index (χ2n) is 6.31. The fraction of sp³-hybridized carbons (Fsp3) is 1.00. The first-order valence-corrected chi connectivity index (χ1v) is 9.37. The third-order valence-electron chi connectivity index (χ3n) is 4.53. The second-order valence-corrected chi connectivity index (χ2v) is 8.25. The molecule has 0 amide bonds. The average molecular weight is 290 g/mol. The summed E-state index contributed by atoms with van der Waals surface area (Å²) >= 11 is 0. The van der Waals surface area contributed by atoms with Crippen LogP contribution in [0.25, 0.3) is 0 Å². The number of hydrogen-bond acceptors (Lipinski definition) is 2. The SMILES string of the molecule is CC1(S(=O)(=O)O)CCCCCCCCCCCCC1. The summed E-state index contributed by atoms with van der Waals surface area (Å²) in [5, 5.41) is 0. The molecule has 3 nitrogen and oxygen atoms in total. The van der Waals surface area contributed by atoms with Gasteiger partial charge in [0, 0.05) is 0 Å². The van der Waals surface area contributed by atoms with Crippen LogP contribution in [-0.2, 0) is 10.1 Å². The maximum atomic E-state index is 11.6. The Morgan fingerprint density at radius 3 is 1.21 bits per heavy atom. The Bertz CT molecular complexity index is 321. The Morgan fingerprint density at radius 2 is 0.947 bits per heavy atom. The molecule has 1 N–H and O–H groups in total. The molecule has 0 aromatic rings. The topological polar surface area (TPSA) is 54.4 Å². The van der Waals surface area contributed by atoms with Crippen molar-refractivity contribution in [2.75, 3.05) is 0 Å². The second kappa shape index (κ2) is 8.25. The molecule has 19 heavy (non-hydrogen) atoms. The molecule has 1 saturated carbocycles. The van der Waals surface area contributed by atoms with Crippen molar-refractivity contribution in [1.29, 1.82) is 0 Å². The number of rotatable bonds is 1. The molecule has 1 aliphatic carbocycles. The van der Waals surface area contributed by atoms with Gasteiger partial charge >= 0.3 is 0 Å². The van der Waals surface area contributed by atoms with Crippen LogP contribution >= 0.6 is 0 Å². The summed E-state index contributed by atoms with van der Waals surface area (Å²) in [7, 11) is -3.93. The predicted molar refractivity (Wildman–Crippen MR) is 80.0 cm³/mol. The van der Waals surface area contributed by atoms with E-state index in [1.165, 1.54) is 44.9 Å². The highest BCUT2D eigenvalue weighted by Crippen LogP contribution is 2.30. The molecule has 1 aliphatic rings. The maximum Gasteiger partial charge on any atom is 0.270 e. The molecule has 0 radical (unpaired) electrons. The highest BCUT2D eigenvalue weighted by atomic mass is 32.2. The van der Waals surface area contributed by atoms with Gasteiger partial charge in [-0.1, -0.05) is 70.6 Å². The molecule has 0 heterocycles. The first kappa shape index (κ1) is 17.0. The largest absolute Gasteiger partial charge is 0.285 e. The molecule has 0 saturated heterocycles. The molecule has 0 aromatic heterocycles. The minimum absolute atomic E-state index is 0.603. The lowest BCUT2D eigenvalue weighted by molar-refractivity contribution is 0.383. The minimum Gasteiger partial charge on any atom is -0.285 e. The van der Waals surface area contributed by atoms with Crippen LogP contribution in [0.15, 0.2) is 0 Å². The van der Waals surface area contributed by atoms with E-state index >= 15 is 0 Å². The van der Waals surface area contributed by atoms with Crippen LogP contribution in [0.2, 0.25) is 0 Å². The van der Waals surface area contributed by atoms with Crippen LogP contribution in [0.5, 0.6) is 0 Å². The van der Waals surface area contributed by atoms with Gasteiger partial charge in [0.2, 0.25) is 0 Å². The summed E-state index contributed by atoms with van der Waals surface area (Å²) in [5.41, 5.74) is 0.